The third-order valence-corrected chi connectivity index (χ3v) is 2.91. The van der Waals surface area contributed by atoms with Crippen molar-refractivity contribution in [3.63, 3.8) is 0 Å². The van der Waals surface area contributed by atoms with Crippen molar-refractivity contribution < 1.29 is 9.90 Å². The van der Waals surface area contributed by atoms with Crippen LogP contribution in [0, 0.1) is 0 Å². The Kier molecular flexibility index (Phi) is 3.37. The normalized spacial score (nSPS) is 25.1. The molecule has 0 spiro atoms. The van der Waals surface area contributed by atoms with Crippen molar-refractivity contribution >= 4 is 6.03 Å². The number of carbonyl (C=O) groups is 1. The molecule has 1 aliphatic rings. The molecule has 1 saturated heterocycles. The minimum Gasteiger partial charge on any atom is -0.391 e. The molecule has 1 heterocycles. The first-order valence-electron chi connectivity index (χ1n) is 5.23. The molecule has 1 fully saturated rings. The molecule has 0 saturated carbocycles. The van der Waals surface area contributed by atoms with Crippen LogP contribution in [-0.2, 0) is 0 Å². The highest BCUT2D eigenvalue weighted by Crippen LogP contribution is 2.28. The maximum atomic E-state index is 11.7. The van der Waals surface area contributed by atoms with Gasteiger partial charge in [-0.25, -0.2) is 4.79 Å². The molecular weight excluding hydrogens is 180 g/mol. The number of amides is 2. The summed E-state index contributed by atoms with van der Waals surface area (Å²) >= 11 is 0. The highest BCUT2D eigenvalue weighted by atomic mass is 16.3. The number of rotatable bonds is 2. The van der Waals surface area contributed by atoms with E-state index < -0.39 is 11.6 Å². The van der Waals surface area contributed by atoms with Crippen molar-refractivity contribution in [2.24, 2.45) is 0 Å². The van der Waals surface area contributed by atoms with Crippen LogP contribution < -0.4 is 5.32 Å². The molecule has 4 heteroatoms. The zero-order valence-corrected chi connectivity index (χ0v) is 9.21. The molecule has 0 aromatic heterocycles. The maximum Gasteiger partial charge on any atom is 0.317 e. The number of nitrogens with one attached hydrogen (secondary N) is 1. The Morgan fingerprint density at radius 3 is 2.71 bits per heavy atom. The molecular formula is C10H20N2O2. The second-order valence-corrected chi connectivity index (χ2v) is 4.34. The SMILES string of the molecule is CCCNC(=O)N1CCC(O)C1(C)C. The molecule has 82 valence electrons. The van der Waals surface area contributed by atoms with Gasteiger partial charge in [-0.1, -0.05) is 6.92 Å². The highest BCUT2D eigenvalue weighted by Gasteiger charge is 2.42. The lowest BCUT2D eigenvalue weighted by molar-refractivity contribution is 0.0697. The first-order valence-corrected chi connectivity index (χ1v) is 5.23. The summed E-state index contributed by atoms with van der Waals surface area (Å²) in [7, 11) is 0. The van der Waals surface area contributed by atoms with Crippen molar-refractivity contribution in [2.75, 3.05) is 13.1 Å². The van der Waals surface area contributed by atoms with E-state index >= 15 is 0 Å². The zero-order chi connectivity index (χ0) is 10.8. The monoisotopic (exact) mass is 200 g/mol. The Morgan fingerprint density at radius 2 is 2.29 bits per heavy atom. The van der Waals surface area contributed by atoms with Gasteiger partial charge in [0.15, 0.2) is 0 Å². The van der Waals surface area contributed by atoms with Crippen LogP contribution in [0.2, 0.25) is 0 Å². The number of likely N-dealkylation sites (tertiary alicyclic amines) is 1. The molecule has 0 aromatic rings. The predicted molar refractivity (Wildman–Crippen MR) is 55.1 cm³/mol. The van der Waals surface area contributed by atoms with Crippen LogP contribution in [-0.4, -0.2) is 40.8 Å². The van der Waals surface area contributed by atoms with Gasteiger partial charge in [-0.3, -0.25) is 0 Å². The largest absolute Gasteiger partial charge is 0.391 e. The summed E-state index contributed by atoms with van der Waals surface area (Å²) in [5.41, 5.74) is -0.433. The van der Waals surface area contributed by atoms with Gasteiger partial charge in [-0.2, -0.15) is 0 Å². The van der Waals surface area contributed by atoms with Gasteiger partial charge in [-0.15, -0.1) is 0 Å². The van der Waals surface area contributed by atoms with Crippen LogP contribution in [0.1, 0.15) is 33.6 Å². The molecule has 0 bridgehead atoms. The van der Waals surface area contributed by atoms with Crippen molar-refractivity contribution in [3.05, 3.63) is 0 Å². The molecule has 4 nitrogen and oxygen atoms in total. The van der Waals surface area contributed by atoms with Gasteiger partial charge >= 0.3 is 6.03 Å². The highest BCUT2D eigenvalue weighted by molar-refractivity contribution is 5.75. The fourth-order valence-corrected chi connectivity index (χ4v) is 1.76. The van der Waals surface area contributed by atoms with Gasteiger partial charge < -0.3 is 15.3 Å². The number of aliphatic hydroxyl groups is 1. The van der Waals surface area contributed by atoms with E-state index in [4.69, 9.17) is 0 Å². The van der Waals surface area contributed by atoms with Gasteiger partial charge in [-0.05, 0) is 26.7 Å². The van der Waals surface area contributed by atoms with E-state index in [2.05, 4.69) is 5.32 Å². The molecule has 0 aliphatic carbocycles. The molecule has 1 rings (SSSR count). The predicted octanol–water partition coefficient (Wildman–Crippen LogP) is 0.951. The Hall–Kier alpha value is -0.770. The molecule has 0 radical (unpaired) electrons. The summed E-state index contributed by atoms with van der Waals surface area (Å²) in [6.07, 6.45) is 1.20. The minimum absolute atomic E-state index is 0.0617. The summed E-state index contributed by atoms with van der Waals surface area (Å²) in [6, 6.07) is -0.0617. The lowest BCUT2D eigenvalue weighted by Gasteiger charge is -2.33. The summed E-state index contributed by atoms with van der Waals surface area (Å²) in [5, 5.41) is 12.5. The number of urea groups is 1. The first-order chi connectivity index (χ1) is 6.50. The Balaban J connectivity index is 2.56. The summed E-state index contributed by atoms with van der Waals surface area (Å²) in [5.74, 6) is 0. The molecule has 0 aromatic carbocycles. The summed E-state index contributed by atoms with van der Waals surface area (Å²) in [4.78, 5) is 13.4. The number of hydrogen-bond donors (Lipinski definition) is 2. The molecule has 1 unspecified atom stereocenters. The Labute approximate surface area is 85.3 Å². The van der Waals surface area contributed by atoms with Gasteiger partial charge in [0.1, 0.15) is 0 Å². The second-order valence-electron chi connectivity index (χ2n) is 4.34. The summed E-state index contributed by atoms with van der Waals surface area (Å²) < 4.78 is 0. The van der Waals surface area contributed by atoms with Crippen LogP contribution in [0.3, 0.4) is 0 Å². The fraction of sp³-hybridized carbons (Fsp3) is 0.900. The third-order valence-electron chi connectivity index (χ3n) is 2.91. The third kappa shape index (κ3) is 2.00. The molecule has 1 atom stereocenters. The van der Waals surface area contributed by atoms with Crippen molar-refractivity contribution in [1.29, 1.82) is 0 Å². The topological polar surface area (TPSA) is 52.6 Å². The van der Waals surface area contributed by atoms with E-state index in [9.17, 15) is 9.90 Å². The number of carbonyl (C=O) groups excluding carboxylic acids is 1. The van der Waals surface area contributed by atoms with Gasteiger partial charge in [0.2, 0.25) is 0 Å². The molecule has 2 amide bonds. The lowest BCUT2D eigenvalue weighted by atomic mass is 9.99. The van der Waals surface area contributed by atoms with Gasteiger partial charge in [0.25, 0.3) is 0 Å². The minimum atomic E-state index is -0.433. The Bertz CT molecular complexity index is 216. The van der Waals surface area contributed by atoms with E-state index in [0.29, 0.717) is 19.5 Å². The van der Waals surface area contributed by atoms with Crippen molar-refractivity contribution in [1.82, 2.24) is 10.2 Å². The quantitative estimate of drug-likeness (QED) is 0.697. The van der Waals surface area contributed by atoms with Crippen LogP contribution in [0.15, 0.2) is 0 Å². The average molecular weight is 200 g/mol. The first kappa shape index (κ1) is 11.3. The van der Waals surface area contributed by atoms with E-state index in [0.717, 1.165) is 6.42 Å². The standard InChI is InChI=1S/C10H20N2O2/c1-4-6-11-9(14)12-7-5-8(13)10(12,2)3/h8,13H,4-7H2,1-3H3,(H,11,14). The summed E-state index contributed by atoms with van der Waals surface area (Å²) in [6.45, 7) is 7.15. The maximum absolute atomic E-state index is 11.7. The number of aliphatic hydroxyl groups excluding tert-OH is 1. The fourth-order valence-electron chi connectivity index (χ4n) is 1.76. The van der Waals surface area contributed by atoms with Crippen LogP contribution >= 0.6 is 0 Å². The number of hydrogen-bond acceptors (Lipinski definition) is 2. The lowest BCUT2D eigenvalue weighted by Crippen LogP contribution is -2.51. The van der Waals surface area contributed by atoms with Crippen LogP contribution in [0.5, 0.6) is 0 Å². The van der Waals surface area contributed by atoms with Gasteiger partial charge in [0, 0.05) is 13.1 Å². The van der Waals surface area contributed by atoms with E-state index in [1.54, 1.807) is 4.90 Å². The number of nitrogens with zero attached hydrogens (tertiary/aromatic N) is 1. The van der Waals surface area contributed by atoms with Crippen LogP contribution in [0.25, 0.3) is 0 Å². The second kappa shape index (κ2) is 4.17. The van der Waals surface area contributed by atoms with E-state index in [-0.39, 0.29) is 6.03 Å². The smallest absolute Gasteiger partial charge is 0.317 e. The van der Waals surface area contributed by atoms with Crippen LogP contribution in [0.4, 0.5) is 4.79 Å². The van der Waals surface area contributed by atoms with Crippen molar-refractivity contribution in [2.45, 2.75) is 45.3 Å². The zero-order valence-electron chi connectivity index (χ0n) is 9.21. The Morgan fingerprint density at radius 1 is 1.64 bits per heavy atom. The molecule has 2 N–H and O–H groups in total. The molecule has 1 aliphatic heterocycles. The van der Waals surface area contributed by atoms with Gasteiger partial charge in [0.05, 0.1) is 11.6 Å². The van der Waals surface area contributed by atoms with E-state index in [1.165, 1.54) is 0 Å². The average Bonchev–Trinajstić information content (AvgIpc) is 2.38. The van der Waals surface area contributed by atoms with E-state index in [1.807, 2.05) is 20.8 Å². The van der Waals surface area contributed by atoms with Crippen molar-refractivity contribution in [3.8, 4) is 0 Å². The molecule has 14 heavy (non-hydrogen) atoms.